The maximum atomic E-state index is 10.7. The summed E-state index contributed by atoms with van der Waals surface area (Å²) in [5.74, 6) is -0.964. The van der Waals surface area contributed by atoms with Gasteiger partial charge >= 0.3 is 5.97 Å². The minimum Gasteiger partial charge on any atom is -0.478 e. The number of aromatic carboxylic acids is 1. The molecule has 0 atom stereocenters. The number of nitrogens with one attached hydrogen (secondary N) is 1. The third kappa shape index (κ3) is 3.93. The number of carboxylic acid groups (broad SMARTS) is 1. The van der Waals surface area contributed by atoms with Crippen molar-refractivity contribution in [3.8, 4) is 6.07 Å². The second-order valence-corrected chi connectivity index (χ2v) is 4.62. The van der Waals surface area contributed by atoms with Gasteiger partial charge in [-0.05, 0) is 36.8 Å². The van der Waals surface area contributed by atoms with Crippen LogP contribution in [0.2, 0.25) is 0 Å². The molecule has 0 aliphatic heterocycles. The molecule has 0 amide bonds. The van der Waals surface area contributed by atoms with Crippen LogP contribution in [0, 0.1) is 18.3 Å². The van der Waals surface area contributed by atoms with Gasteiger partial charge in [0.25, 0.3) is 0 Å². The first-order valence-corrected chi connectivity index (χ1v) is 6.63. The van der Waals surface area contributed by atoms with E-state index < -0.39 is 5.97 Å². The number of aromatic nitrogens is 2. The summed E-state index contributed by atoms with van der Waals surface area (Å²) in [6, 6.07) is 8.35. The van der Waals surface area contributed by atoms with E-state index >= 15 is 0 Å². The number of hydrogen-bond donors (Lipinski definition) is 2. The SMILES string of the molecule is Cc1cn(CCC#N)nc1/C=N\Nc1ccc(C(=O)O)cc1. The Kier molecular flexibility index (Phi) is 4.88. The molecule has 1 heterocycles. The smallest absolute Gasteiger partial charge is 0.335 e. The quantitative estimate of drug-likeness (QED) is 0.628. The van der Waals surface area contributed by atoms with E-state index in [0.29, 0.717) is 24.3 Å². The molecular weight excluding hydrogens is 282 g/mol. The number of benzene rings is 1. The van der Waals surface area contributed by atoms with Crippen molar-refractivity contribution < 1.29 is 9.90 Å². The molecule has 0 fully saturated rings. The Morgan fingerprint density at radius 3 is 2.86 bits per heavy atom. The van der Waals surface area contributed by atoms with Gasteiger partial charge in [-0.15, -0.1) is 0 Å². The van der Waals surface area contributed by atoms with Crippen molar-refractivity contribution in [1.82, 2.24) is 9.78 Å². The fourth-order valence-corrected chi connectivity index (χ4v) is 1.80. The Labute approximate surface area is 127 Å². The van der Waals surface area contributed by atoms with E-state index in [-0.39, 0.29) is 5.56 Å². The number of hydrogen-bond acceptors (Lipinski definition) is 5. The van der Waals surface area contributed by atoms with Crippen LogP contribution in [0.5, 0.6) is 0 Å². The molecule has 112 valence electrons. The molecule has 0 saturated carbocycles. The second-order valence-electron chi connectivity index (χ2n) is 4.62. The van der Waals surface area contributed by atoms with Crippen LogP contribution in [0.1, 0.15) is 28.0 Å². The number of rotatable bonds is 6. The third-order valence-corrected chi connectivity index (χ3v) is 2.95. The molecule has 0 aliphatic carbocycles. The molecule has 2 aromatic rings. The van der Waals surface area contributed by atoms with Crippen LogP contribution < -0.4 is 5.43 Å². The average molecular weight is 297 g/mol. The molecule has 7 heteroatoms. The van der Waals surface area contributed by atoms with Crippen molar-refractivity contribution in [2.24, 2.45) is 5.10 Å². The van der Waals surface area contributed by atoms with Gasteiger partial charge < -0.3 is 5.11 Å². The van der Waals surface area contributed by atoms with E-state index in [1.54, 1.807) is 23.0 Å². The summed E-state index contributed by atoms with van der Waals surface area (Å²) in [5.41, 5.74) is 5.40. The molecule has 0 saturated heterocycles. The van der Waals surface area contributed by atoms with Gasteiger partial charge in [0.05, 0.1) is 36.5 Å². The standard InChI is InChI=1S/C15H15N5O2/c1-11-10-20(8-2-7-16)19-14(11)9-17-18-13-5-3-12(4-6-13)15(21)22/h3-6,9-10,18H,2,8H2,1H3,(H,21,22)/b17-9-. The molecule has 0 radical (unpaired) electrons. The Morgan fingerprint density at radius 1 is 1.50 bits per heavy atom. The fourth-order valence-electron chi connectivity index (χ4n) is 1.80. The highest BCUT2D eigenvalue weighted by Crippen LogP contribution is 2.09. The summed E-state index contributed by atoms with van der Waals surface area (Å²) >= 11 is 0. The minimum absolute atomic E-state index is 0.224. The molecule has 22 heavy (non-hydrogen) atoms. The Balaban J connectivity index is 1.99. The summed E-state index contributed by atoms with van der Waals surface area (Å²) in [6.45, 7) is 2.47. The van der Waals surface area contributed by atoms with Gasteiger partial charge in [0.15, 0.2) is 0 Å². The number of nitrogens with zero attached hydrogens (tertiary/aromatic N) is 4. The lowest BCUT2D eigenvalue weighted by Crippen LogP contribution is -1.99. The Morgan fingerprint density at radius 2 is 2.23 bits per heavy atom. The third-order valence-electron chi connectivity index (χ3n) is 2.95. The number of carboxylic acids is 1. The lowest BCUT2D eigenvalue weighted by Gasteiger charge is -2.00. The molecular formula is C15H15N5O2. The van der Waals surface area contributed by atoms with Gasteiger partial charge in [0, 0.05) is 6.20 Å². The number of hydrazone groups is 1. The first-order valence-electron chi connectivity index (χ1n) is 6.63. The molecule has 1 aromatic heterocycles. The van der Waals surface area contributed by atoms with Crippen molar-refractivity contribution in [2.45, 2.75) is 19.9 Å². The topological polar surface area (TPSA) is 103 Å². The lowest BCUT2D eigenvalue weighted by molar-refractivity contribution is 0.0697. The molecule has 2 N–H and O–H groups in total. The zero-order chi connectivity index (χ0) is 15.9. The maximum Gasteiger partial charge on any atom is 0.335 e. The highest BCUT2D eigenvalue weighted by atomic mass is 16.4. The molecule has 0 bridgehead atoms. The van der Waals surface area contributed by atoms with Crippen molar-refractivity contribution in [1.29, 1.82) is 5.26 Å². The highest BCUT2D eigenvalue weighted by molar-refractivity contribution is 5.88. The van der Waals surface area contributed by atoms with Crippen molar-refractivity contribution in [3.05, 3.63) is 47.3 Å². The summed E-state index contributed by atoms with van der Waals surface area (Å²) in [5, 5.41) is 25.8. The summed E-state index contributed by atoms with van der Waals surface area (Å²) in [7, 11) is 0. The number of carbonyl (C=O) groups is 1. The van der Waals surface area contributed by atoms with Crippen LogP contribution >= 0.6 is 0 Å². The fraction of sp³-hybridized carbons (Fsp3) is 0.200. The largest absolute Gasteiger partial charge is 0.478 e. The van der Waals surface area contributed by atoms with E-state index in [9.17, 15) is 4.79 Å². The van der Waals surface area contributed by atoms with Gasteiger partial charge in [-0.1, -0.05) is 0 Å². The van der Waals surface area contributed by atoms with E-state index in [1.807, 2.05) is 13.1 Å². The Hall–Kier alpha value is -3.14. The van der Waals surface area contributed by atoms with Crippen LogP contribution in [0.4, 0.5) is 5.69 Å². The summed E-state index contributed by atoms with van der Waals surface area (Å²) in [4.78, 5) is 10.7. The zero-order valence-electron chi connectivity index (χ0n) is 12.0. The first-order chi connectivity index (χ1) is 10.6. The maximum absolute atomic E-state index is 10.7. The van der Waals surface area contributed by atoms with Crippen LogP contribution in [0.15, 0.2) is 35.6 Å². The molecule has 0 unspecified atom stereocenters. The van der Waals surface area contributed by atoms with Crippen molar-refractivity contribution >= 4 is 17.9 Å². The van der Waals surface area contributed by atoms with E-state index in [0.717, 1.165) is 5.56 Å². The Bertz CT molecular complexity index is 725. The second kappa shape index (κ2) is 7.04. The number of aryl methyl sites for hydroxylation is 2. The van der Waals surface area contributed by atoms with Gasteiger partial charge in [0.1, 0.15) is 5.69 Å². The lowest BCUT2D eigenvalue weighted by atomic mass is 10.2. The van der Waals surface area contributed by atoms with Crippen LogP contribution in [0.3, 0.4) is 0 Å². The van der Waals surface area contributed by atoms with E-state index in [4.69, 9.17) is 10.4 Å². The molecule has 7 nitrogen and oxygen atoms in total. The zero-order valence-corrected chi connectivity index (χ0v) is 12.0. The van der Waals surface area contributed by atoms with E-state index in [2.05, 4.69) is 21.7 Å². The van der Waals surface area contributed by atoms with Gasteiger partial charge in [0.2, 0.25) is 0 Å². The average Bonchev–Trinajstić information content (AvgIpc) is 2.86. The highest BCUT2D eigenvalue weighted by Gasteiger charge is 2.03. The predicted molar refractivity (Wildman–Crippen MR) is 81.8 cm³/mol. The number of nitriles is 1. The van der Waals surface area contributed by atoms with E-state index in [1.165, 1.54) is 12.1 Å². The van der Waals surface area contributed by atoms with Gasteiger partial charge in [-0.25, -0.2) is 4.79 Å². The number of anilines is 1. The summed E-state index contributed by atoms with van der Waals surface area (Å²) < 4.78 is 1.71. The molecule has 2 rings (SSSR count). The monoisotopic (exact) mass is 297 g/mol. The summed E-state index contributed by atoms with van der Waals surface area (Å²) in [6.07, 6.45) is 3.86. The van der Waals surface area contributed by atoms with Gasteiger partial charge in [-0.3, -0.25) is 10.1 Å². The predicted octanol–water partition coefficient (Wildman–Crippen LogP) is 2.25. The molecule has 1 aromatic carbocycles. The van der Waals surface area contributed by atoms with Gasteiger partial charge in [-0.2, -0.15) is 15.5 Å². The van der Waals surface area contributed by atoms with Crippen LogP contribution in [-0.4, -0.2) is 27.1 Å². The normalized spacial score (nSPS) is 10.5. The molecule has 0 spiro atoms. The first kappa shape index (κ1) is 15.3. The minimum atomic E-state index is -0.964. The van der Waals surface area contributed by atoms with Crippen LogP contribution in [-0.2, 0) is 6.54 Å². The van der Waals surface area contributed by atoms with Crippen molar-refractivity contribution in [3.63, 3.8) is 0 Å². The van der Waals surface area contributed by atoms with Crippen LogP contribution in [0.25, 0.3) is 0 Å². The van der Waals surface area contributed by atoms with Crippen molar-refractivity contribution in [2.75, 3.05) is 5.43 Å². The molecule has 0 aliphatic rings.